The van der Waals surface area contributed by atoms with E-state index in [1.54, 1.807) is 17.1 Å². The Balaban J connectivity index is 1.78. The Morgan fingerprint density at radius 1 is 1.45 bits per heavy atom. The Kier molecular flexibility index (Phi) is 7.79. The highest BCUT2D eigenvalue weighted by atomic mass is 32.2. The van der Waals surface area contributed by atoms with Crippen LogP contribution in [0.3, 0.4) is 0 Å². The van der Waals surface area contributed by atoms with Crippen molar-refractivity contribution in [2.24, 2.45) is 5.16 Å². The van der Waals surface area contributed by atoms with E-state index in [0.29, 0.717) is 28.9 Å². The largest absolute Gasteiger partial charge is 0.464 e. The monoisotopic (exact) mass is 469 g/mol. The predicted molar refractivity (Wildman–Crippen MR) is 120 cm³/mol. The third kappa shape index (κ3) is 5.13. The summed E-state index contributed by atoms with van der Waals surface area (Å²) in [4.78, 5) is 36.3. The van der Waals surface area contributed by atoms with Gasteiger partial charge < -0.3 is 30.3 Å². The number of carbonyl (C=O) groups is 2. The van der Waals surface area contributed by atoms with E-state index in [4.69, 9.17) is 20.0 Å². The molecular weight excluding hydrogens is 442 g/mol. The average molecular weight is 470 g/mol. The topological polar surface area (TPSA) is 128 Å². The number of hydrogen-bond acceptors (Lipinski definition) is 11. The zero-order chi connectivity index (χ0) is 22.5. The summed E-state index contributed by atoms with van der Waals surface area (Å²) in [5.74, 6) is -0.232. The molecule has 1 saturated heterocycles. The number of thiazole rings is 1. The number of anilines is 1. The Labute approximate surface area is 189 Å². The van der Waals surface area contributed by atoms with Crippen LogP contribution in [0.1, 0.15) is 25.5 Å². The Morgan fingerprint density at radius 2 is 2.23 bits per heavy atom. The molecule has 0 aromatic carbocycles. The van der Waals surface area contributed by atoms with Crippen molar-refractivity contribution < 1.29 is 23.9 Å². The van der Waals surface area contributed by atoms with Crippen molar-refractivity contribution in [2.45, 2.75) is 37.3 Å². The average Bonchev–Trinajstić information content (AvgIpc) is 3.42. The lowest BCUT2D eigenvalue weighted by Crippen LogP contribution is -2.52. The smallest absolute Gasteiger partial charge is 0.354 e. The van der Waals surface area contributed by atoms with Crippen LogP contribution in [0.5, 0.6) is 0 Å². The van der Waals surface area contributed by atoms with Gasteiger partial charge in [0.05, 0.1) is 24.6 Å². The zero-order valence-corrected chi connectivity index (χ0v) is 19.5. The predicted octanol–water partition coefficient (Wildman–Crippen LogP) is 1.19. The number of nitrogens with one attached hydrogen (secondary N) is 1. The number of nitrogen functional groups attached to an aromatic ring is 1. The highest BCUT2D eigenvalue weighted by Crippen LogP contribution is 2.36. The van der Waals surface area contributed by atoms with E-state index in [0.717, 1.165) is 18.4 Å². The summed E-state index contributed by atoms with van der Waals surface area (Å²) < 4.78 is 10.9. The number of aromatic nitrogens is 1. The fourth-order valence-corrected chi connectivity index (χ4v) is 5.60. The summed E-state index contributed by atoms with van der Waals surface area (Å²) in [5.41, 5.74) is 7.49. The van der Waals surface area contributed by atoms with Gasteiger partial charge in [-0.1, -0.05) is 5.16 Å². The summed E-state index contributed by atoms with van der Waals surface area (Å²) in [6.07, 6.45) is 1.77. The van der Waals surface area contributed by atoms with Gasteiger partial charge in [-0.2, -0.15) is 0 Å². The van der Waals surface area contributed by atoms with Gasteiger partial charge in [0.15, 0.2) is 10.8 Å². The number of nitrogens with zero attached hydrogens (tertiary/aromatic N) is 3. The molecule has 1 aromatic heterocycles. The van der Waals surface area contributed by atoms with E-state index >= 15 is 0 Å². The quantitative estimate of drug-likeness (QED) is 0.344. The summed E-state index contributed by atoms with van der Waals surface area (Å²) in [6.45, 7) is 2.56. The lowest BCUT2D eigenvalue weighted by molar-refractivity contribution is -0.138. The number of hydrogen-bond donors (Lipinski definition) is 2. The lowest BCUT2D eigenvalue weighted by Gasteiger charge is -2.40. The summed E-state index contributed by atoms with van der Waals surface area (Å²) in [6, 6.07) is -0.328. The van der Waals surface area contributed by atoms with E-state index < -0.39 is 11.9 Å². The molecule has 1 amide bonds. The molecular formula is C19H27N5O5S2. The van der Waals surface area contributed by atoms with Crippen LogP contribution in [-0.2, 0) is 23.9 Å². The minimum atomic E-state index is -0.442. The first kappa shape index (κ1) is 23.4. The maximum Gasteiger partial charge on any atom is 0.354 e. The number of thioether (sulfide) groups is 1. The molecule has 31 heavy (non-hydrogen) atoms. The van der Waals surface area contributed by atoms with E-state index in [2.05, 4.69) is 15.5 Å². The Hall–Kier alpha value is -2.31. The van der Waals surface area contributed by atoms with Gasteiger partial charge in [-0.3, -0.25) is 4.79 Å². The lowest BCUT2D eigenvalue weighted by atomic mass is 10.0. The Bertz CT molecular complexity index is 881. The van der Waals surface area contributed by atoms with Gasteiger partial charge in [0, 0.05) is 24.8 Å². The molecule has 3 atom stereocenters. The molecule has 0 bridgehead atoms. The van der Waals surface area contributed by atoms with Gasteiger partial charge in [0.1, 0.15) is 18.5 Å². The van der Waals surface area contributed by atoms with Crippen molar-refractivity contribution >= 4 is 45.8 Å². The first-order chi connectivity index (χ1) is 14.9. The van der Waals surface area contributed by atoms with Gasteiger partial charge in [-0.25, -0.2) is 9.78 Å². The molecule has 0 radical (unpaired) electrons. The van der Waals surface area contributed by atoms with Gasteiger partial charge >= 0.3 is 5.97 Å². The molecule has 3 unspecified atom stereocenters. The molecule has 1 aromatic rings. The number of amides is 1. The van der Waals surface area contributed by atoms with Gasteiger partial charge in [0.25, 0.3) is 5.91 Å². The van der Waals surface area contributed by atoms with E-state index in [1.165, 1.54) is 25.6 Å². The number of carbonyl (C=O) groups excluding carboxylic acids is 2. The van der Waals surface area contributed by atoms with E-state index in [-0.39, 0.29) is 23.2 Å². The molecule has 10 nitrogen and oxygen atoms in total. The van der Waals surface area contributed by atoms with Crippen molar-refractivity contribution in [1.82, 2.24) is 15.2 Å². The molecule has 170 valence electrons. The minimum absolute atomic E-state index is 0.0366. The molecule has 2 aliphatic rings. The molecule has 2 aliphatic heterocycles. The van der Waals surface area contributed by atoms with E-state index in [9.17, 15) is 9.59 Å². The third-order valence-electron chi connectivity index (χ3n) is 5.09. The van der Waals surface area contributed by atoms with Crippen LogP contribution in [0.15, 0.2) is 21.8 Å². The van der Waals surface area contributed by atoms with Crippen molar-refractivity contribution in [2.75, 3.05) is 39.4 Å². The zero-order valence-electron chi connectivity index (χ0n) is 17.9. The van der Waals surface area contributed by atoms with Crippen LogP contribution in [0.4, 0.5) is 5.13 Å². The van der Waals surface area contributed by atoms with Crippen LogP contribution in [-0.4, -0.2) is 78.6 Å². The highest BCUT2D eigenvalue weighted by molar-refractivity contribution is 8.00. The number of methoxy groups -OCH3 is 1. The number of likely N-dealkylation sites (N-methyl/N-ethyl adjacent to an activating group) is 1. The first-order valence-electron chi connectivity index (χ1n) is 9.78. The summed E-state index contributed by atoms with van der Waals surface area (Å²) in [5, 5.41) is 8.53. The van der Waals surface area contributed by atoms with Crippen molar-refractivity contribution in [3.8, 4) is 0 Å². The molecule has 3 heterocycles. The second-order valence-electron chi connectivity index (χ2n) is 7.14. The fourth-order valence-electron chi connectivity index (χ4n) is 3.70. The van der Waals surface area contributed by atoms with Crippen LogP contribution in [0, 0.1) is 0 Å². The van der Waals surface area contributed by atoms with E-state index in [1.807, 2.05) is 18.9 Å². The maximum atomic E-state index is 12.9. The van der Waals surface area contributed by atoms with Gasteiger partial charge in [-0.15, -0.1) is 23.1 Å². The molecule has 0 spiro atoms. The fraction of sp³-hybridized carbons (Fsp3) is 0.579. The van der Waals surface area contributed by atoms with Crippen molar-refractivity contribution in [1.29, 1.82) is 0 Å². The van der Waals surface area contributed by atoms with Crippen molar-refractivity contribution in [3.05, 3.63) is 22.3 Å². The molecule has 3 N–H and O–H groups in total. The van der Waals surface area contributed by atoms with Gasteiger partial charge in [0.2, 0.25) is 0 Å². The second-order valence-corrected chi connectivity index (χ2v) is 9.13. The molecule has 12 heteroatoms. The normalized spacial score (nSPS) is 23.0. The summed E-state index contributed by atoms with van der Waals surface area (Å²) in [7, 11) is 4.55. The SMILES string of the molecule is CO/N=C(\C(=O)NC(C)C1SCC(C2CCCO2)=C(C(=O)OC)N1C)c1csc(N)n1. The number of oxime groups is 1. The number of rotatable bonds is 7. The number of esters is 1. The van der Waals surface area contributed by atoms with Gasteiger partial charge in [-0.05, 0) is 25.3 Å². The second kappa shape index (κ2) is 10.3. The first-order valence-corrected chi connectivity index (χ1v) is 11.7. The van der Waals surface area contributed by atoms with Crippen LogP contribution in [0.2, 0.25) is 0 Å². The number of ether oxygens (including phenoxy) is 2. The van der Waals surface area contributed by atoms with Crippen LogP contribution < -0.4 is 11.1 Å². The standard InChI is InChI=1S/C19H27N5O5S2/c1-10(21-16(25)14(23-28-4)12-9-31-19(20)22-12)17-24(2)15(18(26)27-3)11(8-30-17)13-6-5-7-29-13/h9-10,13,17H,5-8H2,1-4H3,(H2,20,22)(H,21,25)/b23-14-. The summed E-state index contributed by atoms with van der Waals surface area (Å²) >= 11 is 2.84. The molecule has 0 aliphatic carbocycles. The van der Waals surface area contributed by atoms with Crippen molar-refractivity contribution in [3.63, 3.8) is 0 Å². The minimum Gasteiger partial charge on any atom is -0.464 e. The third-order valence-corrected chi connectivity index (χ3v) is 7.31. The van der Waals surface area contributed by atoms with Crippen LogP contribution >= 0.6 is 23.1 Å². The highest BCUT2D eigenvalue weighted by Gasteiger charge is 2.38. The number of nitrogens with two attached hydrogens (primary N) is 1. The molecule has 3 rings (SSSR count). The molecule has 0 saturated carbocycles. The molecule has 1 fully saturated rings. The maximum absolute atomic E-state index is 12.9. The van der Waals surface area contributed by atoms with Crippen LogP contribution in [0.25, 0.3) is 0 Å². The Morgan fingerprint density at radius 3 is 2.81 bits per heavy atom.